The van der Waals surface area contributed by atoms with Crippen LogP contribution in [-0.2, 0) is 0 Å². The highest BCUT2D eigenvalue weighted by Gasteiger charge is 2.28. The maximum Gasteiger partial charge on any atom is 0.272 e. The van der Waals surface area contributed by atoms with Crippen LogP contribution in [-0.4, -0.2) is 28.7 Å². The highest BCUT2D eigenvalue weighted by molar-refractivity contribution is 7.13. The summed E-state index contributed by atoms with van der Waals surface area (Å²) >= 11 is 1.62. The Hall–Kier alpha value is -1.66. The molecule has 0 bridgehead atoms. The molecule has 6 heteroatoms. The zero-order valence-electron chi connectivity index (χ0n) is 11.1. The minimum absolute atomic E-state index is 0.116. The van der Waals surface area contributed by atoms with Crippen molar-refractivity contribution in [2.45, 2.75) is 25.3 Å². The van der Waals surface area contributed by atoms with Gasteiger partial charge in [-0.3, -0.25) is 9.89 Å². The van der Waals surface area contributed by atoms with Gasteiger partial charge >= 0.3 is 0 Å². The molecule has 2 aromatic rings. The van der Waals surface area contributed by atoms with Gasteiger partial charge in [-0.15, -0.1) is 11.3 Å². The van der Waals surface area contributed by atoms with E-state index < -0.39 is 0 Å². The first-order valence-corrected chi connectivity index (χ1v) is 7.76. The van der Waals surface area contributed by atoms with Crippen molar-refractivity contribution >= 4 is 17.2 Å². The van der Waals surface area contributed by atoms with Crippen LogP contribution in [0, 0.1) is 5.92 Å². The lowest BCUT2D eigenvalue weighted by molar-refractivity contribution is 0.0923. The Bertz CT molecular complexity index is 578. The topological polar surface area (TPSA) is 83.8 Å². The number of amides is 1. The molecule has 1 aliphatic rings. The molecule has 0 aromatic carbocycles. The van der Waals surface area contributed by atoms with Crippen molar-refractivity contribution in [2.75, 3.05) is 6.54 Å². The lowest BCUT2D eigenvalue weighted by Crippen LogP contribution is -2.40. The number of aromatic nitrogens is 2. The minimum atomic E-state index is -0.116. The zero-order valence-corrected chi connectivity index (χ0v) is 12.0. The SMILES string of the molecule is NCC1CCCC1NC(=O)c1cc(-c2cccs2)[nH]n1. The van der Waals surface area contributed by atoms with Crippen LogP contribution in [0.25, 0.3) is 10.6 Å². The summed E-state index contributed by atoms with van der Waals surface area (Å²) in [4.78, 5) is 13.3. The van der Waals surface area contributed by atoms with Gasteiger partial charge in [0, 0.05) is 6.04 Å². The van der Waals surface area contributed by atoms with E-state index in [1.807, 2.05) is 17.5 Å². The van der Waals surface area contributed by atoms with Crippen molar-refractivity contribution in [3.63, 3.8) is 0 Å². The molecule has 5 nitrogen and oxygen atoms in total. The average molecular weight is 290 g/mol. The Labute approximate surface area is 121 Å². The molecule has 0 aliphatic heterocycles. The molecule has 1 saturated carbocycles. The molecule has 20 heavy (non-hydrogen) atoms. The molecule has 0 radical (unpaired) electrons. The molecule has 3 rings (SSSR count). The fraction of sp³-hybridized carbons (Fsp3) is 0.429. The zero-order chi connectivity index (χ0) is 13.9. The molecule has 1 fully saturated rings. The third-order valence-electron chi connectivity index (χ3n) is 3.88. The highest BCUT2D eigenvalue weighted by Crippen LogP contribution is 2.26. The molecule has 2 aromatic heterocycles. The summed E-state index contributed by atoms with van der Waals surface area (Å²) in [5, 5.41) is 12.1. The van der Waals surface area contributed by atoms with Gasteiger partial charge < -0.3 is 11.1 Å². The van der Waals surface area contributed by atoms with Gasteiger partial charge in [0.1, 0.15) is 0 Å². The Morgan fingerprint density at radius 2 is 2.45 bits per heavy atom. The monoisotopic (exact) mass is 290 g/mol. The van der Waals surface area contributed by atoms with Crippen LogP contribution in [0.3, 0.4) is 0 Å². The molecular formula is C14H18N4OS. The van der Waals surface area contributed by atoms with Gasteiger partial charge in [0.2, 0.25) is 0 Å². The van der Waals surface area contributed by atoms with E-state index in [0.717, 1.165) is 29.8 Å². The molecule has 0 spiro atoms. The second kappa shape index (κ2) is 5.76. The number of H-pyrrole nitrogens is 1. The maximum absolute atomic E-state index is 12.2. The van der Waals surface area contributed by atoms with Crippen molar-refractivity contribution in [1.82, 2.24) is 15.5 Å². The summed E-state index contributed by atoms with van der Waals surface area (Å²) in [6.45, 7) is 0.631. The maximum atomic E-state index is 12.2. The number of nitrogens with zero attached hydrogens (tertiary/aromatic N) is 1. The molecule has 2 heterocycles. The van der Waals surface area contributed by atoms with E-state index in [2.05, 4.69) is 15.5 Å². The number of aromatic amines is 1. The van der Waals surface area contributed by atoms with Crippen molar-refractivity contribution in [1.29, 1.82) is 0 Å². The van der Waals surface area contributed by atoms with Crippen LogP contribution in [0.1, 0.15) is 29.8 Å². The number of nitrogens with one attached hydrogen (secondary N) is 2. The second-order valence-corrected chi connectivity index (χ2v) is 6.10. The normalized spacial score (nSPS) is 22.1. The van der Waals surface area contributed by atoms with E-state index in [4.69, 9.17) is 5.73 Å². The molecular weight excluding hydrogens is 272 g/mol. The first-order chi connectivity index (χ1) is 9.78. The first-order valence-electron chi connectivity index (χ1n) is 6.88. The van der Waals surface area contributed by atoms with Crippen LogP contribution >= 0.6 is 11.3 Å². The average Bonchev–Trinajstić information content (AvgIpc) is 3.19. The molecule has 4 N–H and O–H groups in total. The minimum Gasteiger partial charge on any atom is -0.348 e. The molecule has 1 amide bonds. The molecule has 1 aliphatic carbocycles. The third kappa shape index (κ3) is 2.62. The van der Waals surface area contributed by atoms with Gasteiger partial charge in [0.15, 0.2) is 5.69 Å². The van der Waals surface area contributed by atoms with E-state index in [1.54, 1.807) is 17.4 Å². The third-order valence-corrected chi connectivity index (χ3v) is 4.78. The van der Waals surface area contributed by atoms with Gasteiger partial charge in [0.05, 0.1) is 10.6 Å². The smallest absolute Gasteiger partial charge is 0.272 e. The van der Waals surface area contributed by atoms with Crippen LogP contribution in [0.4, 0.5) is 0 Å². The highest BCUT2D eigenvalue weighted by atomic mass is 32.1. The van der Waals surface area contributed by atoms with Gasteiger partial charge in [0.25, 0.3) is 5.91 Å². The summed E-state index contributed by atoms with van der Waals surface area (Å²) < 4.78 is 0. The number of carbonyl (C=O) groups excluding carboxylic acids is 1. The van der Waals surface area contributed by atoms with Crippen molar-refractivity contribution in [3.8, 4) is 10.6 Å². The van der Waals surface area contributed by atoms with Gasteiger partial charge in [-0.1, -0.05) is 12.5 Å². The van der Waals surface area contributed by atoms with Gasteiger partial charge in [-0.05, 0) is 42.8 Å². The lowest BCUT2D eigenvalue weighted by atomic mass is 10.0. The number of thiophene rings is 1. The van der Waals surface area contributed by atoms with Gasteiger partial charge in [-0.2, -0.15) is 5.10 Å². The Kier molecular flexibility index (Phi) is 3.84. The largest absolute Gasteiger partial charge is 0.348 e. The summed E-state index contributed by atoms with van der Waals surface area (Å²) in [6.07, 6.45) is 3.24. The number of carbonyl (C=O) groups is 1. The van der Waals surface area contributed by atoms with E-state index in [0.29, 0.717) is 18.2 Å². The van der Waals surface area contributed by atoms with E-state index >= 15 is 0 Å². The summed E-state index contributed by atoms with van der Waals surface area (Å²) in [6, 6.07) is 5.97. The van der Waals surface area contributed by atoms with Crippen LogP contribution in [0.15, 0.2) is 23.6 Å². The van der Waals surface area contributed by atoms with E-state index in [9.17, 15) is 4.79 Å². The van der Waals surface area contributed by atoms with Crippen molar-refractivity contribution in [2.24, 2.45) is 11.7 Å². The molecule has 2 atom stereocenters. The second-order valence-electron chi connectivity index (χ2n) is 5.15. The quantitative estimate of drug-likeness (QED) is 0.805. The fourth-order valence-corrected chi connectivity index (χ4v) is 3.44. The number of hydrogen-bond donors (Lipinski definition) is 3. The predicted molar refractivity (Wildman–Crippen MR) is 79.6 cm³/mol. The Morgan fingerprint density at radius 3 is 3.20 bits per heavy atom. The summed E-state index contributed by atoms with van der Waals surface area (Å²) in [5.74, 6) is 0.282. The number of hydrogen-bond acceptors (Lipinski definition) is 4. The Morgan fingerprint density at radius 1 is 1.55 bits per heavy atom. The summed E-state index contributed by atoms with van der Waals surface area (Å²) in [5.41, 5.74) is 7.06. The predicted octanol–water partition coefficient (Wildman–Crippen LogP) is 2.00. The van der Waals surface area contributed by atoms with Crippen LogP contribution < -0.4 is 11.1 Å². The molecule has 2 unspecified atom stereocenters. The standard InChI is InChI=1S/C14H18N4OS/c15-8-9-3-1-4-10(9)16-14(19)12-7-11(17-18-12)13-5-2-6-20-13/h2,5-7,9-10H,1,3-4,8,15H2,(H,16,19)(H,17,18). The van der Waals surface area contributed by atoms with Crippen LogP contribution in [0.5, 0.6) is 0 Å². The molecule has 0 saturated heterocycles. The summed E-state index contributed by atoms with van der Waals surface area (Å²) in [7, 11) is 0. The van der Waals surface area contributed by atoms with Gasteiger partial charge in [-0.25, -0.2) is 0 Å². The van der Waals surface area contributed by atoms with Crippen molar-refractivity contribution in [3.05, 3.63) is 29.3 Å². The fourth-order valence-electron chi connectivity index (χ4n) is 2.75. The van der Waals surface area contributed by atoms with Crippen LogP contribution in [0.2, 0.25) is 0 Å². The Balaban J connectivity index is 1.68. The van der Waals surface area contributed by atoms with E-state index in [1.165, 1.54) is 0 Å². The number of rotatable bonds is 4. The number of nitrogens with two attached hydrogens (primary N) is 1. The first kappa shape index (κ1) is 13.3. The lowest BCUT2D eigenvalue weighted by Gasteiger charge is -2.18. The molecule has 106 valence electrons. The van der Waals surface area contributed by atoms with Crippen molar-refractivity contribution < 1.29 is 4.79 Å². The van der Waals surface area contributed by atoms with E-state index in [-0.39, 0.29) is 11.9 Å².